The molecule has 0 aromatic carbocycles. The molecule has 102 valence electrons. The Morgan fingerprint density at radius 2 is 2.11 bits per heavy atom. The number of pyridine rings is 1. The van der Waals surface area contributed by atoms with E-state index in [0.29, 0.717) is 5.82 Å². The van der Waals surface area contributed by atoms with Crippen LogP contribution in [0.1, 0.15) is 5.56 Å². The topological polar surface area (TPSA) is 45.4 Å². The first-order valence-corrected chi connectivity index (χ1v) is 8.03. The van der Waals surface area contributed by atoms with Crippen LogP contribution in [0.2, 0.25) is 0 Å². The number of piperazine rings is 1. The molecule has 3 heterocycles. The number of nitrogens with zero attached hydrogens (tertiary/aromatic N) is 3. The van der Waals surface area contributed by atoms with E-state index in [1.165, 1.54) is 10.3 Å². The summed E-state index contributed by atoms with van der Waals surface area (Å²) in [4.78, 5) is 9.19. The van der Waals surface area contributed by atoms with Gasteiger partial charge in [0.1, 0.15) is 5.82 Å². The van der Waals surface area contributed by atoms with Gasteiger partial charge >= 0.3 is 0 Å². The lowest BCUT2D eigenvalue weighted by molar-refractivity contribution is 0.148. The summed E-state index contributed by atoms with van der Waals surface area (Å²) in [5.74, 6) is 0.616. The minimum absolute atomic E-state index is 0.616. The molecular formula is C13H17BrN4S. The molecule has 0 amide bonds. The zero-order chi connectivity index (χ0) is 13.4. The van der Waals surface area contributed by atoms with Gasteiger partial charge in [-0.3, -0.25) is 4.90 Å². The second-order valence-electron chi connectivity index (χ2n) is 5.04. The first-order chi connectivity index (χ1) is 9.15. The van der Waals surface area contributed by atoms with Gasteiger partial charge in [-0.05, 0) is 23.0 Å². The number of likely N-dealkylation sites (N-methyl/N-ethyl adjacent to an activating group) is 1. The highest BCUT2D eigenvalue weighted by atomic mass is 79.9. The normalized spacial score (nSPS) is 18.2. The van der Waals surface area contributed by atoms with Gasteiger partial charge in [0.25, 0.3) is 0 Å². The number of thiophene rings is 1. The fourth-order valence-corrected chi connectivity index (χ4v) is 4.20. The average Bonchev–Trinajstić information content (AvgIpc) is 2.79. The van der Waals surface area contributed by atoms with Gasteiger partial charge in [-0.1, -0.05) is 0 Å². The highest BCUT2D eigenvalue weighted by molar-refractivity contribution is 9.10. The molecule has 0 aliphatic carbocycles. The molecule has 0 radical (unpaired) electrons. The van der Waals surface area contributed by atoms with E-state index in [2.05, 4.69) is 43.1 Å². The van der Waals surface area contributed by atoms with Gasteiger partial charge in [-0.2, -0.15) is 0 Å². The Morgan fingerprint density at radius 1 is 1.37 bits per heavy atom. The Balaban J connectivity index is 1.87. The van der Waals surface area contributed by atoms with E-state index in [1.807, 2.05) is 6.20 Å². The number of hydrogen-bond donors (Lipinski definition) is 1. The maximum atomic E-state index is 5.97. The molecule has 6 heteroatoms. The van der Waals surface area contributed by atoms with Gasteiger partial charge in [-0.25, -0.2) is 4.98 Å². The molecule has 0 bridgehead atoms. The van der Waals surface area contributed by atoms with Crippen molar-refractivity contribution < 1.29 is 0 Å². The molecule has 1 fully saturated rings. The summed E-state index contributed by atoms with van der Waals surface area (Å²) < 4.78 is 2.32. The fourth-order valence-electron chi connectivity index (χ4n) is 2.44. The van der Waals surface area contributed by atoms with E-state index in [0.717, 1.165) is 42.6 Å². The maximum absolute atomic E-state index is 5.97. The number of fused-ring (bicyclic) bond motifs is 1. The SMILES string of the molecule is CN1CCN(Cc2cnc(N)c3c(Br)csc23)CC1. The van der Waals surface area contributed by atoms with Gasteiger partial charge in [0, 0.05) is 64.4 Å². The van der Waals surface area contributed by atoms with Crippen LogP contribution >= 0.6 is 27.3 Å². The van der Waals surface area contributed by atoms with Crippen molar-refractivity contribution >= 4 is 43.2 Å². The summed E-state index contributed by atoms with van der Waals surface area (Å²) in [5.41, 5.74) is 7.25. The Labute approximate surface area is 125 Å². The predicted molar refractivity (Wildman–Crippen MR) is 84.5 cm³/mol. The molecule has 1 aliphatic heterocycles. The lowest BCUT2D eigenvalue weighted by Gasteiger charge is -2.32. The van der Waals surface area contributed by atoms with E-state index < -0.39 is 0 Å². The molecule has 4 nitrogen and oxygen atoms in total. The molecule has 3 rings (SSSR count). The molecule has 2 aromatic rings. The fraction of sp³-hybridized carbons (Fsp3) is 0.462. The van der Waals surface area contributed by atoms with E-state index in [9.17, 15) is 0 Å². The van der Waals surface area contributed by atoms with Crippen molar-refractivity contribution in [2.24, 2.45) is 0 Å². The average molecular weight is 341 g/mol. The monoisotopic (exact) mass is 340 g/mol. The van der Waals surface area contributed by atoms with E-state index in [-0.39, 0.29) is 0 Å². The van der Waals surface area contributed by atoms with E-state index in [4.69, 9.17) is 5.73 Å². The lowest BCUT2D eigenvalue weighted by atomic mass is 10.2. The van der Waals surface area contributed by atoms with Crippen molar-refractivity contribution in [3.8, 4) is 0 Å². The van der Waals surface area contributed by atoms with E-state index in [1.54, 1.807) is 11.3 Å². The van der Waals surface area contributed by atoms with Crippen molar-refractivity contribution in [3.63, 3.8) is 0 Å². The minimum atomic E-state index is 0.616. The minimum Gasteiger partial charge on any atom is -0.383 e. The number of nitrogen functional groups attached to an aromatic ring is 1. The number of anilines is 1. The summed E-state index contributed by atoms with van der Waals surface area (Å²) in [6.07, 6.45) is 1.93. The zero-order valence-electron chi connectivity index (χ0n) is 10.9. The summed E-state index contributed by atoms with van der Waals surface area (Å²) >= 11 is 5.29. The van der Waals surface area contributed by atoms with Crippen LogP contribution < -0.4 is 5.73 Å². The quantitative estimate of drug-likeness (QED) is 0.911. The first-order valence-electron chi connectivity index (χ1n) is 6.36. The van der Waals surface area contributed by atoms with Crippen LogP contribution in [0.15, 0.2) is 16.0 Å². The Hall–Kier alpha value is -0.690. The number of hydrogen-bond acceptors (Lipinski definition) is 5. The number of aromatic nitrogens is 1. The zero-order valence-corrected chi connectivity index (χ0v) is 13.3. The third-order valence-corrected chi connectivity index (χ3v) is 5.63. The molecule has 2 aromatic heterocycles. The summed E-state index contributed by atoms with van der Waals surface area (Å²) in [7, 11) is 2.18. The smallest absolute Gasteiger partial charge is 0.133 e. The second-order valence-corrected chi connectivity index (χ2v) is 6.77. The van der Waals surface area contributed by atoms with Crippen molar-refractivity contribution in [1.82, 2.24) is 14.8 Å². The second kappa shape index (κ2) is 5.36. The van der Waals surface area contributed by atoms with Crippen LogP contribution in [0.5, 0.6) is 0 Å². The predicted octanol–water partition coefficient (Wildman–Crippen LogP) is 2.39. The number of rotatable bonds is 2. The maximum Gasteiger partial charge on any atom is 0.133 e. The third-order valence-electron chi connectivity index (χ3n) is 3.64. The largest absolute Gasteiger partial charge is 0.383 e. The highest BCUT2D eigenvalue weighted by Gasteiger charge is 2.17. The molecule has 0 spiro atoms. The lowest BCUT2D eigenvalue weighted by Crippen LogP contribution is -2.43. The van der Waals surface area contributed by atoms with Crippen molar-refractivity contribution in [3.05, 3.63) is 21.6 Å². The van der Waals surface area contributed by atoms with Crippen molar-refractivity contribution in [2.75, 3.05) is 39.0 Å². The van der Waals surface area contributed by atoms with Crippen LogP contribution in [0.4, 0.5) is 5.82 Å². The number of nitrogens with two attached hydrogens (primary N) is 1. The molecule has 1 aliphatic rings. The highest BCUT2D eigenvalue weighted by Crippen LogP contribution is 2.35. The Morgan fingerprint density at radius 3 is 2.84 bits per heavy atom. The van der Waals surface area contributed by atoms with Crippen LogP contribution in [0, 0.1) is 0 Å². The summed E-state index contributed by atoms with van der Waals surface area (Å²) in [5, 5.41) is 3.16. The van der Waals surface area contributed by atoms with E-state index >= 15 is 0 Å². The van der Waals surface area contributed by atoms with Crippen LogP contribution in [0.25, 0.3) is 10.1 Å². The van der Waals surface area contributed by atoms with Gasteiger partial charge in [0.2, 0.25) is 0 Å². The van der Waals surface area contributed by atoms with Gasteiger partial charge in [0.15, 0.2) is 0 Å². The summed E-state index contributed by atoms with van der Waals surface area (Å²) in [6.45, 7) is 5.48. The van der Waals surface area contributed by atoms with Crippen LogP contribution in [0.3, 0.4) is 0 Å². The molecule has 0 unspecified atom stereocenters. The molecular weight excluding hydrogens is 324 g/mol. The van der Waals surface area contributed by atoms with Gasteiger partial charge in [0.05, 0.1) is 0 Å². The number of halogens is 1. The van der Waals surface area contributed by atoms with Gasteiger partial charge in [-0.15, -0.1) is 11.3 Å². The van der Waals surface area contributed by atoms with Crippen molar-refractivity contribution in [2.45, 2.75) is 6.54 Å². The molecule has 19 heavy (non-hydrogen) atoms. The van der Waals surface area contributed by atoms with Gasteiger partial charge < -0.3 is 10.6 Å². The summed E-state index contributed by atoms with van der Waals surface area (Å²) in [6, 6.07) is 0. The first kappa shape index (κ1) is 13.3. The molecule has 0 atom stereocenters. The molecule has 0 saturated carbocycles. The Kier molecular flexibility index (Phi) is 3.75. The Bertz CT molecular complexity index is 590. The molecule has 1 saturated heterocycles. The van der Waals surface area contributed by atoms with Crippen LogP contribution in [-0.4, -0.2) is 48.0 Å². The van der Waals surface area contributed by atoms with Crippen molar-refractivity contribution in [1.29, 1.82) is 0 Å². The third kappa shape index (κ3) is 2.63. The molecule has 2 N–H and O–H groups in total. The van der Waals surface area contributed by atoms with Crippen LogP contribution in [-0.2, 0) is 6.54 Å². The standard InChI is InChI=1S/C13H17BrN4S/c1-17-2-4-18(5-3-17)7-9-6-16-13(15)11-10(14)8-19-12(9)11/h6,8H,2-5,7H2,1H3,(H2,15,16).